The van der Waals surface area contributed by atoms with Gasteiger partial charge in [-0.15, -0.1) is 0 Å². The van der Waals surface area contributed by atoms with Gasteiger partial charge in [-0.3, -0.25) is 0 Å². The highest BCUT2D eigenvalue weighted by molar-refractivity contribution is 9.10. The van der Waals surface area contributed by atoms with Crippen LogP contribution in [0.3, 0.4) is 0 Å². The van der Waals surface area contributed by atoms with Gasteiger partial charge in [0.25, 0.3) is 0 Å². The van der Waals surface area contributed by atoms with Gasteiger partial charge in [0.15, 0.2) is 0 Å². The van der Waals surface area contributed by atoms with Crippen molar-refractivity contribution in [3.63, 3.8) is 0 Å². The van der Waals surface area contributed by atoms with Gasteiger partial charge in [0.1, 0.15) is 5.75 Å². The molecule has 0 saturated heterocycles. The molecule has 0 bridgehead atoms. The average molecular weight is 346 g/mol. The Morgan fingerprint density at radius 1 is 1.14 bits per heavy atom. The number of fused-ring (bicyclic) bond motifs is 1. The van der Waals surface area contributed by atoms with E-state index in [0.29, 0.717) is 12.6 Å². The third-order valence-corrected chi connectivity index (χ3v) is 3.77. The van der Waals surface area contributed by atoms with Gasteiger partial charge < -0.3 is 15.0 Å². The lowest BCUT2D eigenvalue weighted by Gasteiger charge is -2.08. The molecule has 0 radical (unpaired) electrons. The number of nitrogens with zero attached hydrogens (tertiary/aromatic N) is 2. The first-order valence-corrected chi connectivity index (χ1v) is 7.62. The van der Waals surface area contributed by atoms with E-state index in [1.54, 1.807) is 0 Å². The molecule has 0 aliphatic heterocycles. The van der Waals surface area contributed by atoms with Gasteiger partial charge in [-0.1, -0.05) is 34.1 Å². The van der Waals surface area contributed by atoms with E-state index in [9.17, 15) is 0 Å². The number of ether oxygens (including phenoxy) is 1. The van der Waals surface area contributed by atoms with Crippen LogP contribution in [-0.4, -0.2) is 16.2 Å². The van der Waals surface area contributed by atoms with Gasteiger partial charge >= 0.3 is 0 Å². The highest BCUT2D eigenvalue weighted by Gasteiger charge is 2.08. The molecule has 0 unspecified atom stereocenters. The van der Waals surface area contributed by atoms with Gasteiger partial charge in [0.05, 0.1) is 17.6 Å². The molecule has 0 aliphatic rings. The zero-order valence-corrected chi connectivity index (χ0v) is 13.1. The molecule has 0 aliphatic carbocycles. The predicted molar refractivity (Wildman–Crippen MR) is 88.4 cm³/mol. The first kappa shape index (κ1) is 13.9. The second kappa shape index (κ2) is 6.18. The third kappa shape index (κ3) is 3.19. The van der Waals surface area contributed by atoms with Gasteiger partial charge in [0.2, 0.25) is 5.95 Å². The Morgan fingerprint density at radius 3 is 2.76 bits per heavy atom. The lowest BCUT2D eigenvalue weighted by atomic mass is 10.3. The van der Waals surface area contributed by atoms with Crippen LogP contribution in [0.4, 0.5) is 5.95 Å². The van der Waals surface area contributed by atoms with E-state index in [1.165, 1.54) is 0 Å². The topological polar surface area (TPSA) is 53.1 Å². The first-order valence-electron chi connectivity index (χ1n) is 6.83. The number of halogens is 1. The second-order valence-electron chi connectivity index (χ2n) is 4.77. The largest absolute Gasteiger partial charge is 0.494 e. The number of aryl methyl sites for hydroxylation is 1. The summed E-state index contributed by atoms with van der Waals surface area (Å²) in [6.07, 6.45) is 0.872. The Balaban J connectivity index is 1.65. The number of anilines is 1. The molecule has 0 spiro atoms. The Bertz CT molecular complexity index is 740. The Hall–Kier alpha value is -2.01. The smallest absolute Gasteiger partial charge is 0.201 e. The molecular weight excluding hydrogens is 330 g/mol. The van der Waals surface area contributed by atoms with Crippen molar-refractivity contribution in [3.05, 3.63) is 53.0 Å². The number of rotatable bonds is 5. The zero-order valence-electron chi connectivity index (χ0n) is 11.5. The minimum Gasteiger partial charge on any atom is -0.494 e. The molecule has 1 aromatic heterocycles. The quantitative estimate of drug-likeness (QED) is 0.714. The molecule has 0 amide bonds. The molecule has 108 valence electrons. The summed E-state index contributed by atoms with van der Waals surface area (Å²) >= 11 is 3.48. The standard InChI is InChI=1S/C16H16BrN3O/c17-12-7-8-14-15(11-12)20(16(18)19-14)9-4-10-21-13-5-2-1-3-6-13/h1-3,5-8,11H,4,9-10H2,(H2,18,19). The highest BCUT2D eigenvalue weighted by Crippen LogP contribution is 2.22. The molecule has 2 aromatic carbocycles. The maximum Gasteiger partial charge on any atom is 0.201 e. The van der Waals surface area contributed by atoms with Crippen LogP contribution in [0.5, 0.6) is 5.75 Å². The maximum atomic E-state index is 5.99. The Labute approximate surface area is 131 Å². The van der Waals surface area contributed by atoms with Crippen molar-refractivity contribution in [1.82, 2.24) is 9.55 Å². The first-order chi connectivity index (χ1) is 10.2. The summed E-state index contributed by atoms with van der Waals surface area (Å²) in [5, 5.41) is 0. The van der Waals surface area contributed by atoms with Crippen molar-refractivity contribution in [2.24, 2.45) is 0 Å². The van der Waals surface area contributed by atoms with E-state index in [2.05, 4.69) is 20.9 Å². The average Bonchev–Trinajstić information content (AvgIpc) is 2.80. The van der Waals surface area contributed by atoms with Crippen LogP contribution in [0, 0.1) is 0 Å². The van der Waals surface area contributed by atoms with Crippen molar-refractivity contribution >= 4 is 32.9 Å². The normalized spacial score (nSPS) is 10.9. The predicted octanol–water partition coefficient (Wildman–Crippen LogP) is 3.85. The van der Waals surface area contributed by atoms with Gasteiger partial charge in [-0.05, 0) is 36.8 Å². The van der Waals surface area contributed by atoms with Crippen LogP contribution in [0.1, 0.15) is 6.42 Å². The summed E-state index contributed by atoms with van der Waals surface area (Å²) in [7, 11) is 0. The van der Waals surface area contributed by atoms with E-state index in [4.69, 9.17) is 10.5 Å². The van der Waals surface area contributed by atoms with Crippen molar-refractivity contribution in [2.75, 3.05) is 12.3 Å². The fourth-order valence-electron chi connectivity index (χ4n) is 2.28. The number of hydrogen-bond acceptors (Lipinski definition) is 3. The second-order valence-corrected chi connectivity index (χ2v) is 5.69. The third-order valence-electron chi connectivity index (χ3n) is 3.28. The minimum absolute atomic E-state index is 0.544. The summed E-state index contributed by atoms with van der Waals surface area (Å²) in [4.78, 5) is 4.37. The molecule has 21 heavy (non-hydrogen) atoms. The van der Waals surface area contributed by atoms with Crippen LogP contribution in [0.2, 0.25) is 0 Å². The Morgan fingerprint density at radius 2 is 1.95 bits per heavy atom. The van der Waals surface area contributed by atoms with Crippen LogP contribution in [0.15, 0.2) is 53.0 Å². The number of hydrogen-bond donors (Lipinski definition) is 1. The molecule has 5 heteroatoms. The lowest BCUT2D eigenvalue weighted by molar-refractivity contribution is 0.303. The molecule has 0 fully saturated rings. The SMILES string of the molecule is Nc1nc2ccc(Br)cc2n1CCCOc1ccccc1. The number of nitrogens with two attached hydrogens (primary N) is 1. The molecule has 2 N–H and O–H groups in total. The van der Waals surface area contributed by atoms with Crippen LogP contribution < -0.4 is 10.5 Å². The van der Waals surface area contributed by atoms with Gasteiger partial charge in [0, 0.05) is 11.0 Å². The van der Waals surface area contributed by atoms with Crippen molar-refractivity contribution in [2.45, 2.75) is 13.0 Å². The fourth-order valence-corrected chi connectivity index (χ4v) is 2.63. The summed E-state index contributed by atoms with van der Waals surface area (Å²) in [6, 6.07) is 15.8. The zero-order chi connectivity index (χ0) is 14.7. The molecule has 3 rings (SSSR count). The number of imidazole rings is 1. The molecule has 0 saturated carbocycles. The molecule has 4 nitrogen and oxygen atoms in total. The van der Waals surface area contributed by atoms with E-state index >= 15 is 0 Å². The Kier molecular flexibility index (Phi) is 4.10. The van der Waals surface area contributed by atoms with Gasteiger partial charge in [-0.2, -0.15) is 0 Å². The number of aromatic nitrogens is 2. The van der Waals surface area contributed by atoms with Crippen molar-refractivity contribution < 1.29 is 4.74 Å². The van der Waals surface area contributed by atoms with Crippen molar-refractivity contribution in [3.8, 4) is 5.75 Å². The fraction of sp³-hybridized carbons (Fsp3) is 0.188. The van der Waals surface area contributed by atoms with E-state index in [1.807, 2.05) is 53.1 Å². The maximum absolute atomic E-state index is 5.99. The van der Waals surface area contributed by atoms with Crippen LogP contribution >= 0.6 is 15.9 Å². The highest BCUT2D eigenvalue weighted by atomic mass is 79.9. The van der Waals surface area contributed by atoms with Crippen LogP contribution in [0.25, 0.3) is 11.0 Å². The van der Waals surface area contributed by atoms with E-state index < -0.39 is 0 Å². The number of benzene rings is 2. The van der Waals surface area contributed by atoms with Crippen molar-refractivity contribution in [1.29, 1.82) is 0 Å². The summed E-state index contributed by atoms with van der Waals surface area (Å²) in [5.41, 5.74) is 7.95. The summed E-state index contributed by atoms with van der Waals surface area (Å²) in [5.74, 6) is 1.44. The van der Waals surface area contributed by atoms with Gasteiger partial charge in [-0.25, -0.2) is 4.98 Å². The van der Waals surface area contributed by atoms with Crippen LogP contribution in [-0.2, 0) is 6.54 Å². The summed E-state index contributed by atoms with van der Waals surface area (Å²) < 4.78 is 8.74. The molecule has 3 aromatic rings. The monoisotopic (exact) mass is 345 g/mol. The summed E-state index contributed by atoms with van der Waals surface area (Å²) in [6.45, 7) is 1.43. The molecule has 1 heterocycles. The molecule has 0 atom stereocenters. The van der Waals surface area contributed by atoms with E-state index in [-0.39, 0.29) is 0 Å². The number of para-hydroxylation sites is 1. The number of nitrogen functional groups attached to an aromatic ring is 1. The van der Waals surface area contributed by atoms with E-state index in [0.717, 1.165) is 34.2 Å². The minimum atomic E-state index is 0.544. The lowest BCUT2D eigenvalue weighted by Crippen LogP contribution is -2.07. The molecular formula is C16H16BrN3O.